The van der Waals surface area contributed by atoms with Crippen molar-refractivity contribution in [1.82, 2.24) is 9.97 Å². The van der Waals surface area contributed by atoms with Crippen LogP contribution in [-0.2, 0) is 10.0 Å². The summed E-state index contributed by atoms with van der Waals surface area (Å²) in [6, 6.07) is 4.67. The van der Waals surface area contributed by atoms with Gasteiger partial charge in [0.15, 0.2) is 0 Å². The Morgan fingerprint density at radius 2 is 2.20 bits per heavy atom. The van der Waals surface area contributed by atoms with Gasteiger partial charge in [-0.05, 0) is 41.1 Å². The predicted molar refractivity (Wildman–Crippen MR) is 78.2 cm³/mol. The number of ether oxygens (including phenoxy) is 1. The SMILES string of the molecule is CCOc1ncccc1NS(=O)(=O)c1cncc(Br)c1. The molecule has 1 N–H and O–H groups in total. The predicted octanol–water partition coefficient (Wildman–Crippen LogP) is 2.44. The molecule has 0 saturated heterocycles. The van der Waals surface area contributed by atoms with Gasteiger partial charge in [-0.1, -0.05) is 0 Å². The summed E-state index contributed by atoms with van der Waals surface area (Å²) >= 11 is 3.19. The molecule has 0 amide bonds. The molecule has 106 valence electrons. The van der Waals surface area contributed by atoms with Crippen LogP contribution in [0.15, 0.2) is 46.2 Å². The number of nitrogens with one attached hydrogen (secondary N) is 1. The molecule has 2 aromatic heterocycles. The van der Waals surface area contributed by atoms with Gasteiger partial charge in [-0.3, -0.25) is 9.71 Å². The number of sulfonamides is 1. The van der Waals surface area contributed by atoms with Gasteiger partial charge in [0.1, 0.15) is 10.6 Å². The molecule has 6 nitrogen and oxygen atoms in total. The summed E-state index contributed by atoms with van der Waals surface area (Å²) in [5, 5.41) is 0. The molecule has 0 aromatic carbocycles. The Balaban J connectivity index is 2.34. The van der Waals surface area contributed by atoms with Crippen LogP contribution in [0.25, 0.3) is 0 Å². The lowest BCUT2D eigenvalue weighted by atomic mass is 10.4. The summed E-state index contributed by atoms with van der Waals surface area (Å²) in [6.07, 6.45) is 4.31. The molecular formula is C12H12BrN3O3S. The van der Waals surface area contributed by atoms with E-state index in [1.54, 1.807) is 19.1 Å². The van der Waals surface area contributed by atoms with Crippen molar-refractivity contribution in [3.8, 4) is 5.88 Å². The van der Waals surface area contributed by atoms with E-state index in [4.69, 9.17) is 4.74 Å². The molecule has 0 unspecified atom stereocenters. The standard InChI is InChI=1S/C12H12BrN3O3S/c1-2-19-12-11(4-3-5-15-12)16-20(17,18)10-6-9(13)7-14-8-10/h3-8,16H,2H2,1H3. The number of nitrogens with zero attached hydrogens (tertiary/aromatic N) is 2. The number of halogens is 1. The van der Waals surface area contributed by atoms with E-state index >= 15 is 0 Å². The lowest BCUT2D eigenvalue weighted by molar-refractivity contribution is 0.329. The number of aromatic nitrogens is 2. The van der Waals surface area contributed by atoms with Crippen LogP contribution in [0.3, 0.4) is 0 Å². The summed E-state index contributed by atoms with van der Waals surface area (Å²) < 4.78 is 32.8. The van der Waals surface area contributed by atoms with Crippen molar-refractivity contribution < 1.29 is 13.2 Å². The second-order valence-corrected chi connectivity index (χ2v) is 6.33. The van der Waals surface area contributed by atoms with Gasteiger partial charge in [0.05, 0.1) is 6.61 Å². The van der Waals surface area contributed by atoms with Gasteiger partial charge in [0.2, 0.25) is 5.88 Å². The Kier molecular flexibility index (Phi) is 4.56. The van der Waals surface area contributed by atoms with Crippen molar-refractivity contribution in [3.05, 3.63) is 41.3 Å². The minimum absolute atomic E-state index is 0.0539. The van der Waals surface area contributed by atoms with Crippen molar-refractivity contribution in [2.24, 2.45) is 0 Å². The van der Waals surface area contributed by atoms with E-state index in [2.05, 4.69) is 30.6 Å². The van der Waals surface area contributed by atoms with Crippen molar-refractivity contribution in [2.75, 3.05) is 11.3 Å². The fraction of sp³-hybridized carbons (Fsp3) is 0.167. The van der Waals surface area contributed by atoms with Crippen LogP contribution in [0.1, 0.15) is 6.92 Å². The number of pyridine rings is 2. The number of hydrogen-bond acceptors (Lipinski definition) is 5. The van der Waals surface area contributed by atoms with E-state index in [1.165, 1.54) is 24.7 Å². The lowest BCUT2D eigenvalue weighted by Crippen LogP contribution is -2.14. The summed E-state index contributed by atoms with van der Waals surface area (Å²) in [5.41, 5.74) is 0.286. The van der Waals surface area contributed by atoms with E-state index in [-0.39, 0.29) is 16.5 Å². The van der Waals surface area contributed by atoms with Crippen LogP contribution in [-0.4, -0.2) is 25.0 Å². The summed E-state index contributed by atoms with van der Waals surface area (Å²) in [7, 11) is -3.74. The lowest BCUT2D eigenvalue weighted by Gasteiger charge is -2.11. The van der Waals surface area contributed by atoms with E-state index in [0.717, 1.165) is 0 Å². The van der Waals surface area contributed by atoms with Gasteiger partial charge in [0.25, 0.3) is 10.0 Å². The largest absolute Gasteiger partial charge is 0.476 e. The monoisotopic (exact) mass is 357 g/mol. The summed E-state index contributed by atoms with van der Waals surface area (Å²) in [5.74, 6) is 0.238. The van der Waals surface area contributed by atoms with Gasteiger partial charge < -0.3 is 4.74 Å². The first-order chi connectivity index (χ1) is 9.53. The van der Waals surface area contributed by atoms with E-state index in [1.807, 2.05) is 0 Å². The van der Waals surface area contributed by atoms with Gasteiger partial charge in [-0.15, -0.1) is 0 Å². The highest BCUT2D eigenvalue weighted by Crippen LogP contribution is 2.24. The van der Waals surface area contributed by atoms with E-state index in [0.29, 0.717) is 11.1 Å². The van der Waals surface area contributed by atoms with Crippen molar-refractivity contribution >= 4 is 31.6 Å². The van der Waals surface area contributed by atoms with Gasteiger partial charge in [0, 0.05) is 23.1 Å². The first-order valence-electron chi connectivity index (χ1n) is 5.74. The van der Waals surface area contributed by atoms with Crippen molar-refractivity contribution in [3.63, 3.8) is 0 Å². The molecule has 0 atom stereocenters. The molecule has 2 aromatic rings. The Bertz CT molecular complexity index is 707. The zero-order valence-corrected chi connectivity index (χ0v) is 13.0. The van der Waals surface area contributed by atoms with Crippen LogP contribution < -0.4 is 9.46 Å². The molecule has 0 aliphatic heterocycles. The maximum absolute atomic E-state index is 12.3. The molecular weight excluding hydrogens is 346 g/mol. The maximum atomic E-state index is 12.3. The Morgan fingerprint density at radius 3 is 2.90 bits per heavy atom. The van der Waals surface area contributed by atoms with Gasteiger partial charge in [-0.2, -0.15) is 0 Å². The van der Waals surface area contributed by atoms with Crippen LogP contribution in [0.5, 0.6) is 5.88 Å². The zero-order chi connectivity index (χ0) is 14.6. The highest BCUT2D eigenvalue weighted by atomic mass is 79.9. The van der Waals surface area contributed by atoms with Crippen LogP contribution >= 0.6 is 15.9 Å². The van der Waals surface area contributed by atoms with Crippen LogP contribution in [0.4, 0.5) is 5.69 Å². The highest BCUT2D eigenvalue weighted by Gasteiger charge is 2.17. The molecule has 0 fully saturated rings. The Labute approximate surface area is 125 Å². The molecule has 0 bridgehead atoms. The number of hydrogen-bond donors (Lipinski definition) is 1. The minimum Gasteiger partial charge on any atom is -0.476 e. The third-order valence-electron chi connectivity index (χ3n) is 2.29. The molecule has 0 spiro atoms. The smallest absolute Gasteiger partial charge is 0.263 e. The fourth-order valence-electron chi connectivity index (χ4n) is 1.46. The molecule has 0 aliphatic carbocycles. The van der Waals surface area contributed by atoms with Crippen LogP contribution in [0.2, 0.25) is 0 Å². The molecule has 0 radical (unpaired) electrons. The Morgan fingerprint density at radius 1 is 1.40 bits per heavy atom. The van der Waals surface area contributed by atoms with E-state index in [9.17, 15) is 8.42 Å². The average molecular weight is 358 g/mol. The van der Waals surface area contributed by atoms with Gasteiger partial charge in [-0.25, -0.2) is 13.4 Å². The number of rotatable bonds is 5. The number of anilines is 1. The maximum Gasteiger partial charge on any atom is 0.263 e. The second-order valence-electron chi connectivity index (χ2n) is 3.73. The van der Waals surface area contributed by atoms with Crippen molar-refractivity contribution in [2.45, 2.75) is 11.8 Å². The molecule has 2 rings (SSSR count). The first kappa shape index (κ1) is 14.7. The summed E-state index contributed by atoms with van der Waals surface area (Å²) in [6.45, 7) is 2.19. The molecule has 0 saturated carbocycles. The highest BCUT2D eigenvalue weighted by molar-refractivity contribution is 9.10. The fourth-order valence-corrected chi connectivity index (χ4v) is 3.02. The van der Waals surface area contributed by atoms with Crippen LogP contribution in [0, 0.1) is 0 Å². The Hall–Kier alpha value is -1.67. The zero-order valence-electron chi connectivity index (χ0n) is 10.6. The quantitative estimate of drug-likeness (QED) is 0.888. The van der Waals surface area contributed by atoms with E-state index < -0.39 is 10.0 Å². The molecule has 2 heterocycles. The molecule has 20 heavy (non-hydrogen) atoms. The third-order valence-corrected chi connectivity index (χ3v) is 4.05. The minimum atomic E-state index is -3.74. The second kappa shape index (κ2) is 6.19. The summed E-state index contributed by atoms with van der Waals surface area (Å²) in [4.78, 5) is 7.88. The normalized spacial score (nSPS) is 11.1. The molecule has 0 aliphatic rings. The van der Waals surface area contributed by atoms with Gasteiger partial charge >= 0.3 is 0 Å². The molecule has 8 heteroatoms. The first-order valence-corrected chi connectivity index (χ1v) is 8.01. The van der Waals surface area contributed by atoms with Crippen molar-refractivity contribution in [1.29, 1.82) is 0 Å². The third kappa shape index (κ3) is 3.45. The average Bonchev–Trinajstić information content (AvgIpc) is 2.41. The topological polar surface area (TPSA) is 81.2 Å².